The van der Waals surface area contributed by atoms with Gasteiger partial charge in [-0.1, -0.05) is 56.2 Å². The Bertz CT molecular complexity index is 858. The first kappa shape index (κ1) is 26.5. The summed E-state index contributed by atoms with van der Waals surface area (Å²) in [5, 5.41) is -0.00997. The van der Waals surface area contributed by atoms with Crippen LogP contribution in [0.4, 0.5) is 4.39 Å². The Morgan fingerprint density at radius 3 is 2.24 bits per heavy atom. The predicted molar refractivity (Wildman–Crippen MR) is 137 cm³/mol. The van der Waals surface area contributed by atoms with Crippen molar-refractivity contribution in [3.8, 4) is 16.9 Å². The van der Waals surface area contributed by atoms with Crippen molar-refractivity contribution in [1.29, 1.82) is 0 Å². The van der Waals surface area contributed by atoms with Crippen molar-refractivity contribution in [3.63, 3.8) is 0 Å². The van der Waals surface area contributed by atoms with E-state index in [4.69, 9.17) is 21.1 Å². The summed E-state index contributed by atoms with van der Waals surface area (Å²) in [6.45, 7) is 4.41. The van der Waals surface area contributed by atoms with Gasteiger partial charge in [0.25, 0.3) is 0 Å². The van der Waals surface area contributed by atoms with Crippen molar-refractivity contribution in [2.75, 3.05) is 6.61 Å². The maximum Gasteiger partial charge on any atom is 0.340 e. The monoisotopic (exact) mass is 488 g/mol. The van der Waals surface area contributed by atoms with Crippen LogP contribution >= 0.6 is 11.6 Å². The summed E-state index contributed by atoms with van der Waals surface area (Å²) in [7, 11) is 0. The van der Waals surface area contributed by atoms with Crippen LogP contribution in [-0.2, 0) is 16.0 Å². The molecule has 2 aromatic rings. The first-order valence-corrected chi connectivity index (χ1v) is 13.2. The van der Waals surface area contributed by atoms with Crippen molar-refractivity contribution in [1.82, 2.24) is 0 Å². The van der Waals surface area contributed by atoms with Crippen LogP contribution in [0.15, 0.2) is 48.5 Å². The molecule has 1 aliphatic carbocycles. The van der Waals surface area contributed by atoms with E-state index in [-0.39, 0.29) is 17.9 Å². The number of esters is 1. The van der Waals surface area contributed by atoms with Gasteiger partial charge in [0.2, 0.25) is 0 Å². The lowest BCUT2D eigenvalue weighted by Crippen LogP contribution is -2.29. The van der Waals surface area contributed by atoms with E-state index in [2.05, 4.69) is 36.4 Å². The Morgan fingerprint density at radius 2 is 1.65 bits per heavy atom. The number of unbranched alkanes of at least 4 members (excludes halogenated alkanes) is 1. The van der Waals surface area contributed by atoms with E-state index in [1.54, 1.807) is 0 Å². The fourth-order valence-corrected chi connectivity index (χ4v) is 4.53. The van der Waals surface area contributed by atoms with Gasteiger partial charge in [0.1, 0.15) is 18.5 Å². The average molecular weight is 489 g/mol. The molecule has 0 aromatic heterocycles. The molecule has 1 saturated carbocycles. The summed E-state index contributed by atoms with van der Waals surface area (Å²) in [4.78, 5) is 11.9. The highest BCUT2D eigenvalue weighted by Crippen LogP contribution is 2.30. The predicted octanol–water partition coefficient (Wildman–Crippen LogP) is 7.92. The normalized spacial score (nSPS) is 19.9. The summed E-state index contributed by atoms with van der Waals surface area (Å²) in [5.74, 6) is 0.807. The highest BCUT2D eigenvalue weighted by molar-refractivity contribution is 6.20. The quantitative estimate of drug-likeness (QED) is 0.225. The van der Waals surface area contributed by atoms with Crippen LogP contribution in [0, 0.1) is 5.92 Å². The molecule has 5 heteroatoms. The molecule has 2 atom stereocenters. The molecule has 0 saturated heterocycles. The standard InChI is InChI=1S/C29H38ClFO3/c1-3-4-5-28(31)29(32)34-27-16-10-23(11-17-27)7-6-22-8-12-24(13-9-22)25-14-18-26(19-15-25)33-20-21(2)30/h8-9,12-15,18-19,21,23,27-28H,3-7,10-11,16-17,20H2,1-2H3/t21-,23?,27?,28+/m0/s1. The molecule has 0 N–H and O–H groups in total. The van der Waals surface area contributed by atoms with Crippen molar-refractivity contribution >= 4 is 17.6 Å². The number of hydrogen-bond acceptors (Lipinski definition) is 3. The van der Waals surface area contributed by atoms with E-state index in [1.807, 2.05) is 26.0 Å². The van der Waals surface area contributed by atoms with E-state index in [9.17, 15) is 9.18 Å². The van der Waals surface area contributed by atoms with Crippen LogP contribution in [0.1, 0.15) is 70.8 Å². The maximum atomic E-state index is 13.9. The van der Waals surface area contributed by atoms with Gasteiger partial charge in [0, 0.05) is 0 Å². The fourth-order valence-electron chi connectivity index (χ4n) is 4.47. The lowest BCUT2D eigenvalue weighted by atomic mass is 9.83. The van der Waals surface area contributed by atoms with Crippen molar-refractivity contribution in [3.05, 3.63) is 54.1 Å². The lowest BCUT2D eigenvalue weighted by molar-refractivity contribution is -0.157. The third kappa shape index (κ3) is 8.61. The second-order valence-corrected chi connectivity index (χ2v) is 10.3. The Hall–Kier alpha value is -2.07. The van der Waals surface area contributed by atoms with Gasteiger partial charge in [-0.15, -0.1) is 11.6 Å². The van der Waals surface area contributed by atoms with Crippen LogP contribution in [0.25, 0.3) is 11.1 Å². The van der Waals surface area contributed by atoms with Crippen molar-refractivity contribution < 1.29 is 18.7 Å². The van der Waals surface area contributed by atoms with Gasteiger partial charge in [-0.2, -0.15) is 0 Å². The molecule has 2 aromatic carbocycles. The molecule has 0 bridgehead atoms. The smallest absolute Gasteiger partial charge is 0.340 e. The van der Waals surface area contributed by atoms with E-state index in [1.165, 1.54) is 11.1 Å². The largest absolute Gasteiger partial charge is 0.492 e. The van der Waals surface area contributed by atoms with E-state index in [0.717, 1.165) is 62.7 Å². The third-order valence-corrected chi connectivity index (χ3v) is 6.73. The molecule has 0 amide bonds. The van der Waals surface area contributed by atoms with Gasteiger partial charge in [0.15, 0.2) is 6.17 Å². The molecule has 34 heavy (non-hydrogen) atoms. The minimum atomic E-state index is -1.47. The van der Waals surface area contributed by atoms with Gasteiger partial charge >= 0.3 is 5.97 Å². The highest BCUT2D eigenvalue weighted by atomic mass is 35.5. The minimum Gasteiger partial charge on any atom is -0.492 e. The van der Waals surface area contributed by atoms with Crippen LogP contribution < -0.4 is 4.74 Å². The molecule has 0 spiro atoms. The molecule has 0 aliphatic heterocycles. The fraction of sp³-hybridized carbons (Fsp3) is 0.552. The van der Waals surface area contributed by atoms with Crippen LogP contribution in [0.3, 0.4) is 0 Å². The number of rotatable bonds is 12. The SMILES string of the molecule is CCCC[C@@H](F)C(=O)OC1CCC(CCc2ccc(-c3ccc(OC[C@H](C)Cl)cc3)cc2)CC1. The number of alkyl halides is 2. The molecule has 186 valence electrons. The second-order valence-electron chi connectivity index (χ2n) is 9.54. The van der Waals surface area contributed by atoms with Crippen LogP contribution in [-0.4, -0.2) is 30.2 Å². The van der Waals surface area contributed by atoms with Gasteiger partial charge in [-0.05, 0) is 86.6 Å². The number of aryl methyl sites for hydroxylation is 1. The van der Waals surface area contributed by atoms with Crippen LogP contribution in [0.2, 0.25) is 0 Å². The zero-order chi connectivity index (χ0) is 24.3. The van der Waals surface area contributed by atoms with Gasteiger partial charge < -0.3 is 9.47 Å². The molecule has 3 rings (SSSR count). The molecular weight excluding hydrogens is 451 g/mol. The summed E-state index contributed by atoms with van der Waals surface area (Å²) in [6, 6.07) is 16.9. The number of hydrogen-bond donors (Lipinski definition) is 0. The Labute approximate surface area is 209 Å². The van der Waals surface area contributed by atoms with Gasteiger partial charge in [0.05, 0.1) is 5.38 Å². The topological polar surface area (TPSA) is 35.5 Å². The summed E-state index contributed by atoms with van der Waals surface area (Å²) in [5.41, 5.74) is 3.69. The minimum absolute atomic E-state index is 0.00997. The number of benzene rings is 2. The first-order valence-electron chi connectivity index (χ1n) is 12.8. The first-order chi connectivity index (χ1) is 16.4. The molecular formula is C29H38ClFO3. The number of ether oxygens (including phenoxy) is 2. The third-order valence-electron chi connectivity index (χ3n) is 6.61. The highest BCUT2D eigenvalue weighted by Gasteiger charge is 2.27. The van der Waals surface area contributed by atoms with Gasteiger partial charge in [-0.25, -0.2) is 9.18 Å². The van der Waals surface area contributed by atoms with Crippen molar-refractivity contribution in [2.24, 2.45) is 5.92 Å². The number of halogens is 2. The van der Waals surface area contributed by atoms with E-state index >= 15 is 0 Å². The molecule has 1 aliphatic rings. The molecule has 1 fully saturated rings. The summed E-state index contributed by atoms with van der Waals surface area (Å²) >= 11 is 5.94. The zero-order valence-electron chi connectivity index (χ0n) is 20.5. The van der Waals surface area contributed by atoms with E-state index in [0.29, 0.717) is 12.5 Å². The van der Waals surface area contributed by atoms with E-state index < -0.39 is 12.1 Å². The van der Waals surface area contributed by atoms with Gasteiger partial charge in [-0.3, -0.25) is 0 Å². The molecule has 0 unspecified atom stereocenters. The van der Waals surface area contributed by atoms with Crippen molar-refractivity contribution in [2.45, 2.75) is 89.3 Å². The lowest BCUT2D eigenvalue weighted by Gasteiger charge is -2.28. The molecule has 3 nitrogen and oxygen atoms in total. The molecule has 0 heterocycles. The Kier molecular flexibility index (Phi) is 10.7. The van der Waals surface area contributed by atoms with Crippen LogP contribution in [0.5, 0.6) is 5.75 Å². The Balaban J connectivity index is 1.39. The summed E-state index contributed by atoms with van der Waals surface area (Å²) in [6.07, 6.45) is 6.26. The molecule has 0 radical (unpaired) electrons. The second kappa shape index (κ2) is 13.7. The Morgan fingerprint density at radius 1 is 1.03 bits per heavy atom. The number of carbonyl (C=O) groups excluding carboxylic acids is 1. The maximum absolute atomic E-state index is 13.9. The zero-order valence-corrected chi connectivity index (χ0v) is 21.2. The summed E-state index contributed by atoms with van der Waals surface area (Å²) < 4.78 is 24.9. The number of carbonyl (C=O) groups is 1. The average Bonchev–Trinajstić information content (AvgIpc) is 2.86.